The van der Waals surface area contributed by atoms with Gasteiger partial charge in [-0.15, -0.1) is 0 Å². The summed E-state index contributed by atoms with van der Waals surface area (Å²) in [6, 6.07) is 6.90. The number of hydrogen-bond acceptors (Lipinski definition) is 9. The van der Waals surface area contributed by atoms with Crippen molar-refractivity contribution in [1.29, 1.82) is 0 Å². The lowest BCUT2D eigenvalue weighted by Gasteiger charge is -2.36. The third-order valence-electron chi connectivity index (χ3n) is 5.62. The molecule has 1 saturated heterocycles. The molecule has 188 valence electrons. The number of rotatable bonds is 10. The maximum absolute atomic E-state index is 15.1. The van der Waals surface area contributed by atoms with Gasteiger partial charge >= 0.3 is 0 Å². The van der Waals surface area contributed by atoms with Gasteiger partial charge in [0, 0.05) is 50.1 Å². The van der Waals surface area contributed by atoms with Gasteiger partial charge in [0.2, 0.25) is 0 Å². The van der Waals surface area contributed by atoms with E-state index in [0.29, 0.717) is 61.3 Å². The molecule has 4 heterocycles. The normalized spacial score (nSPS) is 14.6. The van der Waals surface area contributed by atoms with Gasteiger partial charge in [-0.05, 0) is 25.1 Å². The number of allylic oxidation sites excluding steroid dienone is 4. The summed E-state index contributed by atoms with van der Waals surface area (Å²) in [4.78, 5) is 19.9. The predicted octanol–water partition coefficient (Wildman–Crippen LogP) is 3.66. The number of pyridine rings is 1. The van der Waals surface area contributed by atoms with Gasteiger partial charge in [-0.2, -0.15) is 0 Å². The molecule has 0 saturated carbocycles. The maximum Gasteiger partial charge on any atom is 0.260 e. The van der Waals surface area contributed by atoms with Crippen LogP contribution in [0.4, 0.5) is 10.2 Å². The Hall–Kier alpha value is -4.41. The van der Waals surface area contributed by atoms with Crippen LogP contribution in [0.5, 0.6) is 5.75 Å². The first-order chi connectivity index (χ1) is 17.5. The average Bonchev–Trinajstić information content (AvgIpc) is 3.62. The molecule has 4 rings (SSSR count). The molecule has 0 atom stereocenters. The van der Waals surface area contributed by atoms with Crippen molar-refractivity contribution in [3.05, 3.63) is 84.6 Å². The van der Waals surface area contributed by atoms with E-state index in [9.17, 15) is 4.79 Å². The first-order valence-corrected chi connectivity index (χ1v) is 11.4. The fourth-order valence-electron chi connectivity index (χ4n) is 3.58. The number of anilines is 1. The number of aromatic nitrogens is 3. The molecule has 10 nitrogen and oxygen atoms in total. The van der Waals surface area contributed by atoms with Gasteiger partial charge < -0.3 is 28.9 Å². The fourth-order valence-corrected chi connectivity index (χ4v) is 3.58. The van der Waals surface area contributed by atoms with E-state index in [4.69, 9.17) is 13.8 Å². The van der Waals surface area contributed by atoms with Crippen LogP contribution >= 0.6 is 0 Å². The topological polar surface area (TPSA) is 110 Å². The Bertz CT molecular complexity index is 1210. The molecule has 11 heteroatoms. The average molecular weight is 495 g/mol. The highest BCUT2D eigenvalue weighted by molar-refractivity contribution is 5.78. The summed E-state index contributed by atoms with van der Waals surface area (Å²) in [6.07, 6.45) is 7.78. The van der Waals surface area contributed by atoms with E-state index in [0.717, 1.165) is 0 Å². The summed E-state index contributed by atoms with van der Waals surface area (Å²) >= 11 is 0. The second-order valence-corrected chi connectivity index (χ2v) is 7.94. The molecule has 0 aliphatic carbocycles. The molecule has 1 aliphatic heterocycles. The molecule has 1 fully saturated rings. The maximum atomic E-state index is 15.1. The third kappa shape index (κ3) is 6.38. The van der Waals surface area contributed by atoms with Crippen molar-refractivity contribution in [1.82, 2.24) is 25.1 Å². The highest BCUT2D eigenvalue weighted by atomic mass is 19.1. The summed E-state index contributed by atoms with van der Waals surface area (Å²) in [5.41, 5.74) is 1.32. The second-order valence-electron chi connectivity index (χ2n) is 7.94. The highest BCUT2D eigenvalue weighted by Gasteiger charge is 2.23. The smallest absolute Gasteiger partial charge is 0.260 e. The summed E-state index contributed by atoms with van der Waals surface area (Å²) in [6.45, 7) is 7.82. The number of hydrogen-bond donors (Lipinski definition) is 1. The van der Waals surface area contributed by atoms with Crippen LogP contribution in [0.3, 0.4) is 0 Å². The molecule has 0 spiro atoms. The number of amides is 1. The number of carbonyl (C=O) groups excluding carboxylic acids is 1. The Morgan fingerprint density at radius 1 is 1.25 bits per heavy atom. The summed E-state index contributed by atoms with van der Waals surface area (Å²) < 4.78 is 30.7. The predicted molar refractivity (Wildman–Crippen MR) is 130 cm³/mol. The highest BCUT2D eigenvalue weighted by Crippen LogP contribution is 2.24. The van der Waals surface area contributed by atoms with E-state index in [1.165, 1.54) is 12.3 Å². The van der Waals surface area contributed by atoms with Crippen molar-refractivity contribution < 1.29 is 23.0 Å². The Balaban J connectivity index is 1.28. The number of piperazine rings is 1. The number of ether oxygens (including phenoxy) is 1. The van der Waals surface area contributed by atoms with Gasteiger partial charge in [-0.1, -0.05) is 23.0 Å². The molecule has 0 radical (unpaired) electrons. The minimum Gasteiger partial charge on any atom is -0.482 e. The van der Waals surface area contributed by atoms with E-state index in [-0.39, 0.29) is 18.2 Å². The van der Waals surface area contributed by atoms with Gasteiger partial charge in [0.15, 0.2) is 18.2 Å². The molecule has 0 aromatic carbocycles. The molecular weight excluding hydrogens is 467 g/mol. The molecular formula is C25H27FN6O4. The molecule has 1 aliphatic rings. The Morgan fingerprint density at radius 2 is 2.06 bits per heavy atom. The minimum absolute atomic E-state index is 0.0701. The lowest BCUT2D eigenvalue weighted by molar-refractivity contribution is -0.134. The molecule has 36 heavy (non-hydrogen) atoms. The fraction of sp³-hybridized carbons (Fsp3) is 0.280. The van der Waals surface area contributed by atoms with Crippen molar-refractivity contribution >= 4 is 17.3 Å². The number of nitrogens with one attached hydrogen (secondary N) is 1. The van der Waals surface area contributed by atoms with Crippen LogP contribution < -0.4 is 10.1 Å². The van der Waals surface area contributed by atoms with Crippen LogP contribution in [0.25, 0.3) is 5.57 Å². The molecule has 3 aromatic rings. The molecule has 1 N–H and O–H groups in total. The quantitative estimate of drug-likeness (QED) is 0.422. The Labute approximate surface area is 207 Å². The van der Waals surface area contributed by atoms with Gasteiger partial charge in [0.1, 0.15) is 23.5 Å². The Morgan fingerprint density at radius 3 is 2.75 bits per heavy atom. The zero-order valence-corrected chi connectivity index (χ0v) is 19.9. The lowest BCUT2D eigenvalue weighted by atomic mass is 10.1. The lowest BCUT2D eigenvalue weighted by Crippen LogP contribution is -2.49. The van der Waals surface area contributed by atoms with Crippen molar-refractivity contribution in [2.75, 3.05) is 38.1 Å². The van der Waals surface area contributed by atoms with E-state index in [1.54, 1.807) is 54.6 Å². The van der Waals surface area contributed by atoms with E-state index in [2.05, 4.69) is 27.2 Å². The van der Waals surface area contributed by atoms with Crippen LogP contribution in [-0.4, -0.2) is 63.8 Å². The zero-order chi connectivity index (χ0) is 25.3. The molecule has 3 aromatic heterocycles. The summed E-state index contributed by atoms with van der Waals surface area (Å²) in [5.74, 6) is 1.07. The zero-order valence-electron chi connectivity index (χ0n) is 19.9. The van der Waals surface area contributed by atoms with E-state index < -0.39 is 5.83 Å². The monoisotopic (exact) mass is 494 g/mol. The van der Waals surface area contributed by atoms with Crippen molar-refractivity contribution in [3.8, 4) is 5.75 Å². The number of nitrogens with zero attached hydrogens (tertiary/aromatic N) is 5. The first-order valence-electron chi connectivity index (χ1n) is 11.4. The van der Waals surface area contributed by atoms with Gasteiger partial charge in [0.25, 0.3) is 5.91 Å². The largest absolute Gasteiger partial charge is 0.482 e. The van der Waals surface area contributed by atoms with Crippen molar-refractivity contribution in [3.63, 3.8) is 0 Å². The first kappa shape index (κ1) is 24.7. The summed E-state index contributed by atoms with van der Waals surface area (Å²) in [5, 5.41) is 10.8. The van der Waals surface area contributed by atoms with Gasteiger partial charge in [-0.3, -0.25) is 9.78 Å². The van der Waals surface area contributed by atoms with Crippen LogP contribution in [0.1, 0.15) is 18.4 Å². The Kier molecular flexibility index (Phi) is 8.12. The summed E-state index contributed by atoms with van der Waals surface area (Å²) in [7, 11) is 0. The molecule has 0 unspecified atom stereocenters. The van der Waals surface area contributed by atoms with Gasteiger partial charge in [0.05, 0.1) is 18.4 Å². The second kappa shape index (κ2) is 11.8. The number of halogens is 1. The number of carbonyl (C=O) groups is 1. The van der Waals surface area contributed by atoms with Crippen molar-refractivity contribution in [2.24, 2.45) is 0 Å². The van der Waals surface area contributed by atoms with Gasteiger partial charge in [-0.25, -0.2) is 4.39 Å². The van der Waals surface area contributed by atoms with Crippen LogP contribution in [0, 0.1) is 0 Å². The molecule has 1 amide bonds. The standard InChI is InChI=1S/C25H27FN6O4/c1-3-19(23-14-21(36-29-23)16-28-24-6-12-35-30-24)13-22(26)18(2)31-8-10-32(11-9-31)25(33)17-34-20-5-4-7-27-15-20/h3-7,12-15H,2,8-11,16-17H2,1H3,(H,28,30)/b19-3+,22-13+. The molecule has 0 bridgehead atoms. The van der Waals surface area contributed by atoms with E-state index in [1.807, 2.05) is 4.90 Å². The SMILES string of the molecule is C=C(/C(F)=C\C(=C/C)c1cc(CNc2ccon2)on1)N1CCN(C(=O)COc2cccnc2)CC1. The van der Waals surface area contributed by atoms with E-state index >= 15 is 4.39 Å². The third-order valence-corrected chi connectivity index (χ3v) is 5.62. The minimum atomic E-state index is -0.479. The van der Waals surface area contributed by atoms with Crippen LogP contribution in [0.2, 0.25) is 0 Å². The van der Waals surface area contributed by atoms with Crippen molar-refractivity contribution in [2.45, 2.75) is 13.5 Å². The van der Waals surface area contributed by atoms with Crippen LogP contribution in [-0.2, 0) is 11.3 Å². The van der Waals surface area contributed by atoms with Crippen LogP contribution in [0.15, 0.2) is 82.2 Å².